The molecule has 1 saturated carbocycles. The number of hydrogen-bond acceptors (Lipinski definition) is 4. The molecule has 4 N–H and O–H groups in total. The summed E-state index contributed by atoms with van der Waals surface area (Å²) in [7, 11) is 0. The fraction of sp³-hybridized carbons (Fsp3) is 0.467. The van der Waals surface area contributed by atoms with Crippen LogP contribution in [-0.4, -0.2) is 32.7 Å². The Morgan fingerprint density at radius 1 is 1.05 bits per heavy atom. The van der Waals surface area contributed by atoms with Crippen molar-refractivity contribution in [2.24, 2.45) is 0 Å². The summed E-state index contributed by atoms with van der Waals surface area (Å²) in [6, 6.07) is 3.58. The van der Waals surface area contributed by atoms with Gasteiger partial charge in [-0.1, -0.05) is 25.7 Å². The van der Waals surface area contributed by atoms with Gasteiger partial charge in [-0.15, -0.1) is 0 Å². The van der Waals surface area contributed by atoms with Gasteiger partial charge in [0.25, 0.3) is 5.91 Å². The summed E-state index contributed by atoms with van der Waals surface area (Å²) in [6.45, 7) is 0. The van der Waals surface area contributed by atoms with Crippen LogP contribution in [0.3, 0.4) is 0 Å². The average Bonchev–Trinajstić information content (AvgIpc) is 2.68. The number of phenolic OH excluding ortho intramolecular Hbond substituents is 2. The van der Waals surface area contributed by atoms with E-state index in [2.05, 4.69) is 5.32 Å². The van der Waals surface area contributed by atoms with E-state index in [0.29, 0.717) is 12.8 Å². The van der Waals surface area contributed by atoms with Gasteiger partial charge in [0.1, 0.15) is 17.0 Å². The van der Waals surface area contributed by atoms with Gasteiger partial charge in [-0.05, 0) is 31.0 Å². The standard InChI is InChI=1S/C15H19NO5/c17-10-5-6-12(18)11(9-10)13(19)16-15(14(20)21)7-3-1-2-4-8-15/h5-6,9,17-18H,1-4,7-8H2,(H,16,19)(H,20,21). The number of amides is 1. The van der Waals surface area contributed by atoms with Crippen LogP contribution in [-0.2, 0) is 4.79 Å². The highest BCUT2D eigenvalue weighted by molar-refractivity contribution is 6.00. The Kier molecular flexibility index (Phi) is 4.35. The van der Waals surface area contributed by atoms with Gasteiger partial charge < -0.3 is 20.6 Å². The number of aliphatic carboxylic acids is 1. The first-order valence-electron chi connectivity index (χ1n) is 7.02. The second-order valence-corrected chi connectivity index (χ2v) is 5.46. The average molecular weight is 293 g/mol. The molecule has 2 rings (SSSR count). The maximum Gasteiger partial charge on any atom is 0.329 e. The summed E-state index contributed by atoms with van der Waals surface area (Å²) < 4.78 is 0. The molecule has 21 heavy (non-hydrogen) atoms. The molecule has 1 amide bonds. The van der Waals surface area contributed by atoms with Gasteiger partial charge in [-0.2, -0.15) is 0 Å². The molecule has 1 aliphatic carbocycles. The molecule has 0 bridgehead atoms. The fourth-order valence-electron chi connectivity index (χ4n) is 2.71. The number of benzene rings is 1. The van der Waals surface area contributed by atoms with Gasteiger partial charge in [0, 0.05) is 0 Å². The van der Waals surface area contributed by atoms with Gasteiger partial charge in [-0.3, -0.25) is 4.79 Å². The van der Waals surface area contributed by atoms with Crippen molar-refractivity contribution in [2.75, 3.05) is 0 Å². The summed E-state index contributed by atoms with van der Waals surface area (Å²) in [4.78, 5) is 23.9. The van der Waals surface area contributed by atoms with E-state index in [4.69, 9.17) is 0 Å². The van der Waals surface area contributed by atoms with Gasteiger partial charge in [0.05, 0.1) is 5.56 Å². The monoisotopic (exact) mass is 293 g/mol. The lowest BCUT2D eigenvalue weighted by atomic mass is 9.89. The van der Waals surface area contributed by atoms with Gasteiger partial charge >= 0.3 is 5.97 Å². The molecule has 1 aliphatic rings. The minimum Gasteiger partial charge on any atom is -0.508 e. The minimum atomic E-state index is -1.30. The quantitative estimate of drug-likeness (QED) is 0.504. The first kappa shape index (κ1) is 15.2. The molecule has 1 aromatic rings. The van der Waals surface area contributed by atoms with E-state index in [0.717, 1.165) is 31.7 Å². The van der Waals surface area contributed by atoms with Crippen LogP contribution in [0.1, 0.15) is 48.9 Å². The Bertz CT molecular complexity index is 547. The predicted octanol–water partition coefficient (Wildman–Crippen LogP) is 2.01. The van der Waals surface area contributed by atoms with E-state index >= 15 is 0 Å². The van der Waals surface area contributed by atoms with Crippen molar-refractivity contribution < 1.29 is 24.9 Å². The molecule has 0 spiro atoms. The van der Waals surface area contributed by atoms with Crippen molar-refractivity contribution in [1.29, 1.82) is 0 Å². The van der Waals surface area contributed by atoms with E-state index < -0.39 is 17.4 Å². The van der Waals surface area contributed by atoms with Crippen molar-refractivity contribution >= 4 is 11.9 Å². The summed E-state index contributed by atoms with van der Waals surface area (Å²) >= 11 is 0. The van der Waals surface area contributed by atoms with E-state index in [1.54, 1.807) is 0 Å². The van der Waals surface area contributed by atoms with Crippen LogP contribution in [0, 0.1) is 0 Å². The van der Waals surface area contributed by atoms with Crippen LogP contribution in [0.5, 0.6) is 11.5 Å². The molecule has 6 heteroatoms. The third kappa shape index (κ3) is 3.26. The Labute approximate surface area is 122 Å². The molecule has 1 aromatic carbocycles. The number of rotatable bonds is 3. The molecular weight excluding hydrogens is 274 g/mol. The molecule has 0 atom stereocenters. The van der Waals surface area contributed by atoms with E-state index in [1.807, 2.05) is 0 Å². The Morgan fingerprint density at radius 3 is 2.24 bits per heavy atom. The molecule has 0 heterocycles. The number of hydrogen-bond donors (Lipinski definition) is 4. The van der Waals surface area contributed by atoms with Crippen molar-refractivity contribution in [1.82, 2.24) is 5.32 Å². The topological polar surface area (TPSA) is 107 Å². The number of phenols is 2. The summed E-state index contributed by atoms with van der Waals surface area (Å²) in [5.41, 5.74) is -1.43. The smallest absolute Gasteiger partial charge is 0.329 e. The number of aromatic hydroxyl groups is 2. The number of carbonyl (C=O) groups is 2. The van der Waals surface area contributed by atoms with Crippen LogP contribution in [0.2, 0.25) is 0 Å². The van der Waals surface area contributed by atoms with Crippen molar-refractivity contribution in [3.63, 3.8) is 0 Å². The second kappa shape index (κ2) is 6.03. The van der Waals surface area contributed by atoms with E-state index in [-0.39, 0.29) is 17.1 Å². The number of nitrogens with one attached hydrogen (secondary N) is 1. The Balaban J connectivity index is 2.26. The molecule has 0 aromatic heterocycles. The van der Waals surface area contributed by atoms with Crippen molar-refractivity contribution in [3.8, 4) is 11.5 Å². The Morgan fingerprint density at radius 2 is 1.67 bits per heavy atom. The largest absolute Gasteiger partial charge is 0.508 e. The molecule has 0 aliphatic heterocycles. The molecule has 6 nitrogen and oxygen atoms in total. The molecule has 114 valence electrons. The highest BCUT2D eigenvalue weighted by Crippen LogP contribution is 2.29. The van der Waals surface area contributed by atoms with Crippen LogP contribution < -0.4 is 5.32 Å². The maximum absolute atomic E-state index is 12.3. The maximum atomic E-state index is 12.3. The van der Waals surface area contributed by atoms with Crippen LogP contribution in [0.15, 0.2) is 18.2 Å². The van der Waals surface area contributed by atoms with Gasteiger partial charge in [0.15, 0.2) is 0 Å². The third-order valence-electron chi connectivity index (χ3n) is 3.94. The zero-order valence-corrected chi connectivity index (χ0v) is 11.6. The predicted molar refractivity (Wildman–Crippen MR) is 75.3 cm³/mol. The van der Waals surface area contributed by atoms with Gasteiger partial charge in [0.2, 0.25) is 0 Å². The zero-order chi connectivity index (χ0) is 15.5. The van der Waals surface area contributed by atoms with E-state index in [9.17, 15) is 24.9 Å². The normalized spacial score (nSPS) is 17.7. The highest BCUT2D eigenvalue weighted by Gasteiger charge is 2.40. The van der Waals surface area contributed by atoms with Crippen LogP contribution >= 0.6 is 0 Å². The number of carbonyl (C=O) groups excluding carboxylic acids is 1. The molecule has 0 unspecified atom stereocenters. The lowest BCUT2D eigenvalue weighted by Crippen LogP contribution is -2.54. The third-order valence-corrected chi connectivity index (χ3v) is 3.94. The first-order chi connectivity index (χ1) is 9.94. The lowest BCUT2D eigenvalue weighted by Gasteiger charge is -2.29. The van der Waals surface area contributed by atoms with Crippen molar-refractivity contribution in [3.05, 3.63) is 23.8 Å². The second-order valence-electron chi connectivity index (χ2n) is 5.46. The molecular formula is C15H19NO5. The SMILES string of the molecule is O=C(NC1(C(=O)O)CCCCCC1)c1cc(O)ccc1O. The van der Waals surface area contributed by atoms with Crippen LogP contribution in [0.25, 0.3) is 0 Å². The highest BCUT2D eigenvalue weighted by atomic mass is 16.4. The zero-order valence-electron chi connectivity index (χ0n) is 11.6. The Hall–Kier alpha value is -2.24. The summed E-state index contributed by atoms with van der Waals surface area (Å²) in [6.07, 6.45) is 4.10. The molecule has 0 radical (unpaired) electrons. The molecule has 0 saturated heterocycles. The molecule has 1 fully saturated rings. The fourth-order valence-corrected chi connectivity index (χ4v) is 2.71. The van der Waals surface area contributed by atoms with E-state index in [1.165, 1.54) is 12.1 Å². The lowest BCUT2D eigenvalue weighted by molar-refractivity contribution is -0.145. The first-order valence-corrected chi connectivity index (χ1v) is 7.02. The minimum absolute atomic E-state index is 0.125. The summed E-state index contributed by atoms with van der Waals surface area (Å²) in [5.74, 6) is -2.20. The van der Waals surface area contributed by atoms with Crippen LogP contribution in [0.4, 0.5) is 0 Å². The number of carboxylic acids is 1. The van der Waals surface area contributed by atoms with Crippen molar-refractivity contribution in [2.45, 2.75) is 44.1 Å². The van der Waals surface area contributed by atoms with Gasteiger partial charge in [-0.25, -0.2) is 4.79 Å². The summed E-state index contributed by atoms with van der Waals surface area (Å²) in [5, 5.41) is 31.2. The number of carboxylic acid groups (broad SMARTS) is 1.